The molecule has 3 aliphatic heterocycles. The van der Waals surface area contributed by atoms with Gasteiger partial charge in [0.05, 0.1) is 11.4 Å². The van der Waals surface area contributed by atoms with Crippen LogP contribution in [-0.4, -0.2) is 96.9 Å². The van der Waals surface area contributed by atoms with Crippen LogP contribution in [-0.2, 0) is 16.0 Å². The normalized spacial score (nSPS) is 20.4. The number of carbonyl (C=O) groups excluding carboxylic acids is 1. The van der Waals surface area contributed by atoms with Crippen LogP contribution in [0.3, 0.4) is 0 Å². The van der Waals surface area contributed by atoms with Crippen LogP contribution in [0.4, 0.5) is 22.0 Å². The van der Waals surface area contributed by atoms with Crippen molar-refractivity contribution in [3.05, 3.63) is 60.2 Å². The van der Waals surface area contributed by atoms with Gasteiger partial charge in [0.15, 0.2) is 12.6 Å². The third-order valence-corrected chi connectivity index (χ3v) is 8.78. The molecule has 240 valence electrons. The maximum Gasteiger partial charge on any atom is 0.410 e. The molecule has 11 heteroatoms. The Morgan fingerprint density at radius 3 is 2.31 bits per heavy atom. The molecule has 0 aliphatic carbocycles. The van der Waals surface area contributed by atoms with Crippen LogP contribution < -0.4 is 20.3 Å². The van der Waals surface area contributed by atoms with Crippen molar-refractivity contribution in [2.24, 2.45) is 0 Å². The van der Waals surface area contributed by atoms with E-state index in [9.17, 15) is 4.79 Å². The molecule has 4 heterocycles. The summed E-state index contributed by atoms with van der Waals surface area (Å²) in [7, 11) is 1.60. The van der Waals surface area contributed by atoms with Gasteiger partial charge in [-0.15, -0.1) is 10.2 Å². The molecule has 0 spiro atoms. The molecule has 3 saturated heterocycles. The highest BCUT2D eigenvalue weighted by Gasteiger charge is 2.42. The zero-order valence-electron chi connectivity index (χ0n) is 26.8. The van der Waals surface area contributed by atoms with E-state index in [-0.39, 0.29) is 12.9 Å². The van der Waals surface area contributed by atoms with Gasteiger partial charge in [-0.1, -0.05) is 24.3 Å². The Morgan fingerprint density at radius 2 is 1.64 bits per heavy atom. The number of hydrogen-bond acceptors (Lipinski definition) is 10. The second-order valence-electron chi connectivity index (χ2n) is 13.2. The summed E-state index contributed by atoms with van der Waals surface area (Å²) < 4.78 is 16.5. The molecule has 3 aliphatic rings. The summed E-state index contributed by atoms with van der Waals surface area (Å²) >= 11 is 0. The standard InChI is InChI=1S/C34H45N7O4/c1-34(2,3)45-33(42)40-21-26-13-14-27(22-40)41(26)25-11-9-24(10-12-25)20-38-15-17-39(18-16-38)30-19-29(36-37-32(30)35)28-7-5-6-8-31(28)44-23-43-4/h5-12,19,26-27H,13-18,20-23H2,1-4H3,(H2,35,37). The van der Waals surface area contributed by atoms with Crippen molar-refractivity contribution in [1.82, 2.24) is 20.0 Å². The van der Waals surface area contributed by atoms with Crippen LogP contribution in [0.5, 0.6) is 5.75 Å². The van der Waals surface area contributed by atoms with Gasteiger partial charge in [-0.05, 0) is 69.5 Å². The zero-order valence-corrected chi connectivity index (χ0v) is 26.8. The van der Waals surface area contributed by atoms with E-state index >= 15 is 0 Å². The van der Waals surface area contributed by atoms with Crippen molar-refractivity contribution >= 4 is 23.3 Å². The monoisotopic (exact) mass is 615 g/mol. The van der Waals surface area contributed by atoms with Gasteiger partial charge in [0.1, 0.15) is 11.4 Å². The minimum atomic E-state index is -0.477. The van der Waals surface area contributed by atoms with E-state index in [2.05, 4.69) is 49.2 Å². The average Bonchev–Trinajstić information content (AvgIpc) is 3.28. The molecule has 3 aromatic rings. The van der Waals surface area contributed by atoms with E-state index in [0.29, 0.717) is 42.4 Å². The van der Waals surface area contributed by atoms with Crippen LogP contribution in [0.25, 0.3) is 11.3 Å². The molecule has 11 nitrogen and oxygen atoms in total. The number of piperazine rings is 2. The average molecular weight is 616 g/mol. The van der Waals surface area contributed by atoms with Crippen molar-refractivity contribution < 1.29 is 19.0 Å². The fourth-order valence-corrected chi connectivity index (χ4v) is 6.68. The Kier molecular flexibility index (Phi) is 9.00. The Morgan fingerprint density at radius 1 is 0.956 bits per heavy atom. The maximum absolute atomic E-state index is 12.7. The number of methoxy groups -OCH3 is 1. The number of nitrogens with two attached hydrogens (primary N) is 1. The number of fused-ring (bicyclic) bond motifs is 2. The highest BCUT2D eigenvalue weighted by molar-refractivity contribution is 5.74. The van der Waals surface area contributed by atoms with Gasteiger partial charge in [-0.2, -0.15) is 0 Å². The largest absolute Gasteiger partial charge is 0.467 e. The molecule has 0 radical (unpaired) electrons. The fourth-order valence-electron chi connectivity index (χ4n) is 6.68. The molecule has 0 saturated carbocycles. The van der Waals surface area contributed by atoms with Crippen molar-refractivity contribution in [3.63, 3.8) is 0 Å². The highest BCUT2D eigenvalue weighted by atomic mass is 16.7. The smallest absolute Gasteiger partial charge is 0.410 e. The lowest BCUT2D eigenvalue weighted by molar-refractivity contribution is 0.0209. The van der Waals surface area contributed by atoms with E-state index < -0.39 is 5.60 Å². The van der Waals surface area contributed by atoms with Gasteiger partial charge in [-0.25, -0.2) is 4.79 Å². The van der Waals surface area contributed by atoms with Gasteiger partial charge < -0.3 is 34.6 Å². The van der Waals surface area contributed by atoms with Crippen LogP contribution in [0.1, 0.15) is 39.2 Å². The predicted octanol–water partition coefficient (Wildman–Crippen LogP) is 4.62. The molecule has 6 rings (SSSR count). The van der Waals surface area contributed by atoms with Crippen LogP contribution in [0.2, 0.25) is 0 Å². The minimum Gasteiger partial charge on any atom is -0.467 e. The number of ether oxygens (including phenoxy) is 3. The van der Waals surface area contributed by atoms with E-state index in [0.717, 1.165) is 56.8 Å². The number of benzene rings is 2. The minimum absolute atomic E-state index is 0.158. The summed E-state index contributed by atoms with van der Waals surface area (Å²) in [6, 6.07) is 19.4. The summed E-state index contributed by atoms with van der Waals surface area (Å²) in [6.07, 6.45) is 2.00. The summed E-state index contributed by atoms with van der Waals surface area (Å²) in [4.78, 5) is 21.9. The number of hydrogen-bond donors (Lipinski definition) is 1. The van der Waals surface area contributed by atoms with Crippen LogP contribution >= 0.6 is 0 Å². The molecule has 2 aromatic carbocycles. The Hall–Kier alpha value is -4.09. The topological polar surface area (TPSA) is 110 Å². The summed E-state index contributed by atoms with van der Waals surface area (Å²) in [5.41, 5.74) is 10.8. The van der Waals surface area contributed by atoms with Crippen molar-refractivity contribution in [3.8, 4) is 17.0 Å². The molecular weight excluding hydrogens is 570 g/mol. The molecule has 1 aromatic heterocycles. The van der Waals surface area contributed by atoms with Crippen molar-refractivity contribution in [2.75, 3.05) is 68.7 Å². The number of nitrogen functional groups attached to an aromatic ring is 1. The maximum atomic E-state index is 12.7. The van der Waals surface area contributed by atoms with E-state index in [1.54, 1.807) is 7.11 Å². The third kappa shape index (κ3) is 7.10. The highest BCUT2D eigenvalue weighted by Crippen LogP contribution is 2.36. The quantitative estimate of drug-likeness (QED) is 0.361. The lowest BCUT2D eigenvalue weighted by Crippen LogP contribution is -2.56. The summed E-state index contributed by atoms with van der Waals surface area (Å²) in [6.45, 7) is 11.8. The number of likely N-dealkylation sites (tertiary alicyclic amines) is 1. The number of carbonyl (C=O) groups is 1. The SMILES string of the molecule is COCOc1ccccc1-c1cc(N2CCN(Cc3ccc(N4C5CCC4CN(C(=O)OC(C)(C)C)C5)cc3)CC2)c(N)nn1. The Labute approximate surface area is 265 Å². The molecular formula is C34H45N7O4. The van der Waals surface area contributed by atoms with E-state index in [1.165, 1.54) is 11.3 Å². The van der Waals surface area contributed by atoms with Gasteiger partial charge >= 0.3 is 6.09 Å². The van der Waals surface area contributed by atoms with Crippen molar-refractivity contribution in [2.45, 2.75) is 57.8 Å². The van der Waals surface area contributed by atoms with Gasteiger partial charge in [-0.3, -0.25) is 4.90 Å². The van der Waals surface area contributed by atoms with Gasteiger partial charge in [0.25, 0.3) is 0 Å². The summed E-state index contributed by atoms with van der Waals surface area (Å²) in [5.74, 6) is 1.12. The lowest BCUT2D eigenvalue weighted by atomic mass is 10.1. The number of aromatic nitrogens is 2. The summed E-state index contributed by atoms with van der Waals surface area (Å²) in [5, 5.41) is 8.65. The van der Waals surface area contributed by atoms with Crippen LogP contribution in [0, 0.1) is 0 Å². The number of nitrogens with zero attached hydrogens (tertiary/aromatic N) is 6. The second-order valence-corrected chi connectivity index (χ2v) is 13.2. The number of rotatable bonds is 8. The molecule has 2 bridgehead atoms. The zero-order chi connectivity index (χ0) is 31.6. The lowest BCUT2D eigenvalue weighted by Gasteiger charge is -2.42. The predicted molar refractivity (Wildman–Crippen MR) is 175 cm³/mol. The molecule has 1 amide bonds. The Balaban J connectivity index is 1.04. The number of anilines is 3. The first kappa shape index (κ1) is 30.9. The van der Waals surface area contributed by atoms with E-state index in [4.69, 9.17) is 19.9 Å². The molecule has 2 atom stereocenters. The third-order valence-electron chi connectivity index (χ3n) is 8.78. The Bertz CT molecular complexity index is 1460. The molecule has 45 heavy (non-hydrogen) atoms. The number of para-hydroxylation sites is 1. The van der Waals surface area contributed by atoms with Gasteiger partial charge in [0.2, 0.25) is 0 Å². The number of amides is 1. The van der Waals surface area contributed by atoms with E-state index in [1.807, 2.05) is 56.0 Å². The molecule has 2 unspecified atom stereocenters. The first-order valence-electron chi connectivity index (χ1n) is 15.9. The first-order chi connectivity index (χ1) is 21.7. The molecule has 3 fully saturated rings. The van der Waals surface area contributed by atoms with Crippen LogP contribution in [0.15, 0.2) is 54.6 Å². The van der Waals surface area contributed by atoms with Crippen molar-refractivity contribution in [1.29, 1.82) is 0 Å². The fraction of sp³-hybridized carbons (Fsp3) is 0.500. The first-order valence-corrected chi connectivity index (χ1v) is 15.9. The molecule has 2 N–H and O–H groups in total. The second kappa shape index (κ2) is 13.1. The van der Waals surface area contributed by atoms with Gasteiger partial charge in [0, 0.05) is 76.3 Å².